The highest BCUT2D eigenvalue weighted by atomic mass is 35.5. The van der Waals surface area contributed by atoms with Gasteiger partial charge in [0.15, 0.2) is 0 Å². The standard InChI is InChI=1S/C18H27N3O.ClH/c1-19-10-8-17(9-11-19)20(2)14-18(22)21-12-7-15-5-3-4-6-16(15)13-21;/h3-6,17H,7-14H2,1-2H3;1H. The van der Waals surface area contributed by atoms with Gasteiger partial charge in [0.1, 0.15) is 0 Å². The van der Waals surface area contributed by atoms with Crippen molar-refractivity contribution >= 4 is 18.3 Å². The van der Waals surface area contributed by atoms with E-state index in [1.165, 1.54) is 24.0 Å². The third-order valence-electron chi connectivity index (χ3n) is 5.18. The Bertz CT molecular complexity index is 529. The normalized spacial score (nSPS) is 19.3. The fraction of sp³-hybridized carbons (Fsp3) is 0.611. The van der Waals surface area contributed by atoms with Gasteiger partial charge in [-0.1, -0.05) is 24.3 Å². The van der Waals surface area contributed by atoms with E-state index in [4.69, 9.17) is 0 Å². The third-order valence-corrected chi connectivity index (χ3v) is 5.18. The molecule has 23 heavy (non-hydrogen) atoms. The number of halogens is 1. The lowest BCUT2D eigenvalue weighted by atomic mass is 10.00. The molecule has 0 atom stereocenters. The van der Waals surface area contributed by atoms with Crippen molar-refractivity contribution in [3.8, 4) is 0 Å². The van der Waals surface area contributed by atoms with E-state index in [1.54, 1.807) is 0 Å². The summed E-state index contributed by atoms with van der Waals surface area (Å²) >= 11 is 0. The van der Waals surface area contributed by atoms with Gasteiger partial charge in [0.2, 0.25) is 5.91 Å². The van der Waals surface area contributed by atoms with E-state index >= 15 is 0 Å². The highest BCUT2D eigenvalue weighted by molar-refractivity contribution is 5.85. The van der Waals surface area contributed by atoms with Gasteiger partial charge in [-0.3, -0.25) is 9.69 Å². The fourth-order valence-corrected chi connectivity index (χ4v) is 3.59. The first-order valence-electron chi connectivity index (χ1n) is 8.37. The maximum Gasteiger partial charge on any atom is 0.237 e. The van der Waals surface area contributed by atoms with Crippen LogP contribution in [0.25, 0.3) is 0 Å². The summed E-state index contributed by atoms with van der Waals surface area (Å²) in [4.78, 5) is 19.2. The molecule has 1 aromatic carbocycles. The lowest BCUT2D eigenvalue weighted by molar-refractivity contribution is -0.133. The third kappa shape index (κ3) is 4.46. The van der Waals surface area contributed by atoms with Gasteiger partial charge in [-0.2, -0.15) is 0 Å². The van der Waals surface area contributed by atoms with E-state index in [-0.39, 0.29) is 18.3 Å². The Morgan fingerprint density at radius 2 is 1.83 bits per heavy atom. The predicted octanol–water partition coefficient (Wildman–Crippen LogP) is 2.02. The van der Waals surface area contributed by atoms with Crippen LogP contribution in [0.5, 0.6) is 0 Å². The van der Waals surface area contributed by atoms with E-state index in [0.717, 1.165) is 32.6 Å². The quantitative estimate of drug-likeness (QED) is 0.844. The second-order valence-electron chi connectivity index (χ2n) is 6.78. The van der Waals surface area contributed by atoms with Crippen LogP contribution >= 0.6 is 12.4 Å². The van der Waals surface area contributed by atoms with Crippen LogP contribution in [-0.2, 0) is 17.8 Å². The van der Waals surface area contributed by atoms with Gasteiger partial charge in [-0.25, -0.2) is 0 Å². The number of hydrogen-bond donors (Lipinski definition) is 0. The van der Waals surface area contributed by atoms with Crippen molar-refractivity contribution in [3.63, 3.8) is 0 Å². The fourth-order valence-electron chi connectivity index (χ4n) is 3.59. The Balaban J connectivity index is 0.00000192. The summed E-state index contributed by atoms with van der Waals surface area (Å²) in [6.07, 6.45) is 3.33. The van der Waals surface area contributed by atoms with E-state index in [0.29, 0.717) is 12.6 Å². The average Bonchev–Trinajstić information content (AvgIpc) is 2.55. The second kappa shape index (κ2) is 8.13. The van der Waals surface area contributed by atoms with Gasteiger partial charge in [0.05, 0.1) is 6.54 Å². The molecule has 128 valence electrons. The lowest BCUT2D eigenvalue weighted by Crippen LogP contribution is -2.47. The van der Waals surface area contributed by atoms with Crippen molar-refractivity contribution in [2.75, 3.05) is 40.3 Å². The van der Waals surface area contributed by atoms with Gasteiger partial charge in [0, 0.05) is 19.1 Å². The van der Waals surface area contributed by atoms with Gasteiger partial charge < -0.3 is 9.80 Å². The molecule has 0 radical (unpaired) electrons. The Morgan fingerprint density at radius 3 is 2.52 bits per heavy atom. The van der Waals surface area contributed by atoms with Gasteiger partial charge in [-0.15, -0.1) is 12.4 Å². The first-order valence-corrected chi connectivity index (χ1v) is 8.37. The minimum Gasteiger partial charge on any atom is -0.337 e. The van der Waals surface area contributed by atoms with Gasteiger partial charge >= 0.3 is 0 Å². The highest BCUT2D eigenvalue weighted by Gasteiger charge is 2.25. The van der Waals surface area contributed by atoms with E-state index in [1.807, 2.05) is 4.90 Å². The topological polar surface area (TPSA) is 26.8 Å². The van der Waals surface area contributed by atoms with Gasteiger partial charge in [-0.05, 0) is 57.6 Å². The molecule has 0 N–H and O–H groups in total. The number of benzene rings is 1. The molecule has 0 aliphatic carbocycles. The van der Waals surface area contributed by atoms with Crippen LogP contribution in [0.2, 0.25) is 0 Å². The Hall–Kier alpha value is -1.10. The largest absolute Gasteiger partial charge is 0.337 e. The minimum atomic E-state index is 0. The minimum absolute atomic E-state index is 0. The van der Waals surface area contributed by atoms with Crippen molar-refractivity contribution < 1.29 is 4.79 Å². The number of piperidine rings is 1. The van der Waals surface area contributed by atoms with Crippen molar-refractivity contribution in [3.05, 3.63) is 35.4 Å². The number of likely N-dealkylation sites (N-methyl/N-ethyl adjacent to an activating group) is 1. The molecule has 2 heterocycles. The molecule has 0 unspecified atom stereocenters. The molecule has 2 aliphatic heterocycles. The average molecular weight is 338 g/mol. The molecule has 1 fully saturated rings. The molecule has 1 saturated heterocycles. The number of nitrogens with zero attached hydrogens (tertiary/aromatic N) is 3. The van der Waals surface area contributed by atoms with Crippen LogP contribution in [0.3, 0.4) is 0 Å². The molecule has 4 nitrogen and oxygen atoms in total. The number of carbonyl (C=O) groups is 1. The molecular weight excluding hydrogens is 310 g/mol. The molecule has 3 rings (SSSR count). The van der Waals surface area contributed by atoms with Crippen LogP contribution in [0.15, 0.2) is 24.3 Å². The van der Waals surface area contributed by atoms with Crippen LogP contribution < -0.4 is 0 Å². The zero-order valence-electron chi connectivity index (χ0n) is 14.2. The molecule has 0 aromatic heterocycles. The zero-order valence-corrected chi connectivity index (χ0v) is 15.0. The highest BCUT2D eigenvalue weighted by Crippen LogP contribution is 2.19. The van der Waals surface area contributed by atoms with Crippen LogP contribution in [0.4, 0.5) is 0 Å². The Kier molecular flexibility index (Phi) is 6.45. The van der Waals surface area contributed by atoms with Crippen LogP contribution in [0, 0.1) is 0 Å². The first-order chi connectivity index (χ1) is 10.6. The lowest BCUT2D eigenvalue weighted by Gasteiger charge is -2.36. The maximum absolute atomic E-state index is 12.6. The summed E-state index contributed by atoms with van der Waals surface area (Å²) in [6.45, 7) is 4.46. The number of likely N-dealkylation sites (tertiary alicyclic amines) is 1. The van der Waals surface area contributed by atoms with E-state index in [9.17, 15) is 4.79 Å². The number of rotatable bonds is 3. The smallest absolute Gasteiger partial charge is 0.237 e. The van der Waals surface area contributed by atoms with Crippen LogP contribution in [0.1, 0.15) is 24.0 Å². The number of amides is 1. The molecule has 2 aliphatic rings. The van der Waals surface area contributed by atoms with Crippen molar-refractivity contribution in [2.24, 2.45) is 0 Å². The van der Waals surface area contributed by atoms with Crippen molar-refractivity contribution in [1.29, 1.82) is 0 Å². The molecule has 1 amide bonds. The summed E-state index contributed by atoms with van der Waals surface area (Å²) in [7, 11) is 4.28. The van der Waals surface area contributed by atoms with Crippen LogP contribution in [-0.4, -0.2) is 66.9 Å². The summed E-state index contributed by atoms with van der Waals surface area (Å²) in [5, 5.41) is 0. The summed E-state index contributed by atoms with van der Waals surface area (Å²) in [6, 6.07) is 9.04. The number of hydrogen-bond acceptors (Lipinski definition) is 3. The molecule has 0 spiro atoms. The summed E-state index contributed by atoms with van der Waals surface area (Å²) in [5.74, 6) is 0.274. The summed E-state index contributed by atoms with van der Waals surface area (Å²) in [5.41, 5.74) is 2.71. The SMILES string of the molecule is CN1CCC(N(C)CC(=O)N2CCc3ccccc3C2)CC1.Cl. The van der Waals surface area contributed by atoms with Crippen molar-refractivity contribution in [2.45, 2.75) is 31.8 Å². The molecule has 5 heteroatoms. The molecular formula is C18H28ClN3O. The molecule has 0 bridgehead atoms. The first kappa shape index (κ1) is 18.2. The predicted molar refractivity (Wildman–Crippen MR) is 96.0 cm³/mol. The molecule has 0 saturated carbocycles. The maximum atomic E-state index is 12.6. The van der Waals surface area contributed by atoms with Gasteiger partial charge in [0.25, 0.3) is 0 Å². The van der Waals surface area contributed by atoms with E-state index in [2.05, 4.69) is 48.2 Å². The summed E-state index contributed by atoms with van der Waals surface area (Å²) < 4.78 is 0. The number of fused-ring (bicyclic) bond motifs is 1. The Morgan fingerprint density at radius 1 is 1.17 bits per heavy atom. The monoisotopic (exact) mass is 337 g/mol. The number of carbonyl (C=O) groups excluding carboxylic acids is 1. The zero-order chi connectivity index (χ0) is 15.5. The molecule has 1 aromatic rings. The van der Waals surface area contributed by atoms with E-state index < -0.39 is 0 Å². The second-order valence-corrected chi connectivity index (χ2v) is 6.78. The Labute approximate surface area is 145 Å². The van der Waals surface area contributed by atoms with Crippen molar-refractivity contribution in [1.82, 2.24) is 14.7 Å².